The number of fused-ring (bicyclic) bond motifs is 3. The first kappa shape index (κ1) is 24.2. The van der Waals surface area contributed by atoms with Crippen molar-refractivity contribution in [1.29, 1.82) is 0 Å². The van der Waals surface area contributed by atoms with Crippen LogP contribution in [0.15, 0.2) is 78.9 Å². The van der Waals surface area contributed by atoms with Gasteiger partial charge in [-0.25, -0.2) is 9.59 Å². The maximum atomic E-state index is 13.1. The van der Waals surface area contributed by atoms with E-state index in [1.54, 1.807) is 42.5 Å². The molecule has 0 saturated heterocycles. The van der Waals surface area contributed by atoms with E-state index in [1.807, 2.05) is 19.1 Å². The van der Waals surface area contributed by atoms with Crippen LogP contribution in [-0.2, 0) is 4.74 Å². The first-order chi connectivity index (χ1) is 18.0. The van der Waals surface area contributed by atoms with E-state index in [2.05, 4.69) is 17.5 Å². The Kier molecular flexibility index (Phi) is 6.72. The molecule has 0 bridgehead atoms. The number of esters is 2. The monoisotopic (exact) mass is 498 g/mol. The van der Waals surface area contributed by atoms with Gasteiger partial charge in [0.15, 0.2) is 0 Å². The van der Waals surface area contributed by atoms with Crippen molar-refractivity contribution in [2.75, 3.05) is 11.9 Å². The van der Waals surface area contributed by atoms with Crippen molar-refractivity contribution in [1.82, 2.24) is 0 Å². The SMILES string of the molecule is CCCOC(=O)c1ccccc1OC(=O)c1ccc2c(c1)[C@H]1C=CC[C@H]1[C@H](c1ccc([N+](=O)[O-])cc1)N2. The summed E-state index contributed by atoms with van der Waals surface area (Å²) >= 11 is 0. The van der Waals surface area contributed by atoms with Crippen LogP contribution in [0.4, 0.5) is 11.4 Å². The van der Waals surface area contributed by atoms with Gasteiger partial charge in [0, 0.05) is 23.7 Å². The standard InChI is InChI=1S/C29H26N2O6/c1-2-16-36-29(33)23-6-3-4-9-26(23)37-28(32)19-12-15-25-24(17-19)21-7-5-8-22(21)27(30-25)18-10-13-20(14-11-18)31(34)35/h3-7,9-15,17,21-22,27,30H,2,8,16H2,1H3/t21-,22+,27-/m0/s1. The minimum Gasteiger partial charge on any atom is -0.462 e. The lowest BCUT2D eigenvalue weighted by Crippen LogP contribution is -2.29. The second-order valence-corrected chi connectivity index (χ2v) is 9.15. The molecule has 1 heterocycles. The number of non-ortho nitro benzene ring substituents is 1. The molecule has 0 amide bonds. The Morgan fingerprint density at radius 2 is 1.84 bits per heavy atom. The van der Waals surface area contributed by atoms with Gasteiger partial charge >= 0.3 is 11.9 Å². The average Bonchev–Trinajstić information content (AvgIpc) is 3.42. The molecule has 37 heavy (non-hydrogen) atoms. The summed E-state index contributed by atoms with van der Waals surface area (Å²) < 4.78 is 10.8. The van der Waals surface area contributed by atoms with Crippen molar-refractivity contribution in [3.8, 4) is 5.75 Å². The number of hydrogen-bond acceptors (Lipinski definition) is 7. The summed E-state index contributed by atoms with van der Waals surface area (Å²) in [5.74, 6) is -0.651. The fourth-order valence-corrected chi connectivity index (χ4v) is 5.01. The van der Waals surface area contributed by atoms with Crippen LogP contribution in [0.25, 0.3) is 0 Å². The third kappa shape index (κ3) is 4.82. The highest BCUT2D eigenvalue weighted by Crippen LogP contribution is 2.50. The molecule has 3 aromatic carbocycles. The first-order valence-corrected chi connectivity index (χ1v) is 12.3. The van der Waals surface area contributed by atoms with E-state index in [4.69, 9.17) is 9.47 Å². The average molecular weight is 499 g/mol. The largest absolute Gasteiger partial charge is 0.462 e. The topological polar surface area (TPSA) is 108 Å². The van der Waals surface area contributed by atoms with E-state index >= 15 is 0 Å². The molecule has 3 atom stereocenters. The minimum atomic E-state index is -0.561. The molecule has 8 heteroatoms. The Morgan fingerprint density at radius 1 is 1.05 bits per heavy atom. The van der Waals surface area contributed by atoms with Crippen molar-refractivity contribution in [2.45, 2.75) is 31.7 Å². The minimum absolute atomic E-state index is 0.0212. The van der Waals surface area contributed by atoms with E-state index < -0.39 is 16.9 Å². The molecule has 0 unspecified atom stereocenters. The van der Waals surface area contributed by atoms with Gasteiger partial charge in [-0.2, -0.15) is 0 Å². The number of anilines is 1. The second-order valence-electron chi connectivity index (χ2n) is 9.15. The van der Waals surface area contributed by atoms with Crippen LogP contribution in [0.2, 0.25) is 0 Å². The van der Waals surface area contributed by atoms with Gasteiger partial charge in [-0.3, -0.25) is 10.1 Å². The number of nitro benzene ring substituents is 1. The fourth-order valence-electron chi connectivity index (χ4n) is 5.01. The van der Waals surface area contributed by atoms with Gasteiger partial charge < -0.3 is 14.8 Å². The van der Waals surface area contributed by atoms with Crippen molar-refractivity contribution >= 4 is 23.3 Å². The molecule has 8 nitrogen and oxygen atoms in total. The quantitative estimate of drug-likeness (QED) is 0.136. The Bertz CT molecular complexity index is 1380. The number of rotatable bonds is 7. The van der Waals surface area contributed by atoms with Crippen LogP contribution in [0.1, 0.15) is 63.6 Å². The normalized spacial score (nSPS) is 19.3. The van der Waals surface area contributed by atoms with Crippen LogP contribution in [0, 0.1) is 16.0 Å². The lowest BCUT2D eigenvalue weighted by atomic mass is 9.76. The van der Waals surface area contributed by atoms with Gasteiger partial charge in [0.1, 0.15) is 11.3 Å². The van der Waals surface area contributed by atoms with Gasteiger partial charge in [-0.05, 0) is 60.2 Å². The molecular formula is C29H26N2O6. The van der Waals surface area contributed by atoms with E-state index in [0.29, 0.717) is 12.0 Å². The summed E-state index contributed by atoms with van der Waals surface area (Å²) in [4.78, 5) is 36.1. The van der Waals surface area contributed by atoms with Crippen molar-refractivity contribution in [3.63, 3.8) is 0 Å². The van der Waals surface area contributed by atoms with Crippen LogP contribution >= 0.6 is 0 Å². The number of para-hydroxylation sites is 1. The third-order valence-electron chi connectivity index (χ3n) is 6.81. The van der Waals surface area contributed by atoms with Crippen molar-refractivity contribution in [2.24, 2.45) is 5.92 Å². The fraction of sp³-hybridized carbons (Fsp3) is 0.241. The molecular weight excluding hydrogens is 472 g/mol. The summed E-state index contributed by atoms with van der Waals surface area (Å²) in [5, 5.41) is 14.6. The summed E-state index contributed by atoms with van der Waals surface area (Å²) in [6, 6.07) is 18.5. The molecule has 1 aliphatic carbocycles. The lowest BCUT2D eigenvalue weighted by molar-refractivity contribution is -0.384. The molecule has 0 spiro atoms. The molecule has 188 valence electrons. The van der Waals surface area contributed by atoms with Crippen LogP contribution in [0.5, 0.6) is 5.75 Å². The maximum Gasteiger partial charge on any atom is 0.343 e. The lowest BCUT2D eigenvalue weighted by Gasteiger charge is -2.37. The number of nitro groups is 1. The first-order valence-electron chi connectivity index (χ1n) is 12.3. The van der Waals surface area contributed by atoms with Crippen LogP contribution < -0.4 is 10.1 Å². The van der Waals surface area contributed by atoms with Gasteiger partial charge in [0.25, 0.3) is 5.69 Å². The predicted molar refractivity (Wildman–Crippen MR) is 138 cm³/mol. The van der Waals surface area contributed by atoms with Gasteiger partial charge in [-0.1, -0.05) is 43.3 Å². The highest BCUT2D eigenvalue weighted by atomic mass is 16.6. The summed E-state index contributed by atoms with van der Waals surface area (Å²) in [6.07, 6.45) is 5.82. The van der Waals surface area contributed by atoms with Crippen LogP contribution in [0.3, 0.4) is 0 Å². The van der Waals surface area contributed by atoms with E-state index in [0.717, 1.165) is 23.2 Å². The predicted octanol–water partition coefficient (Wildman–Crippen LogP) is 6.21. The van der Waals surface area contributed by atoms with Gasteiger partial charge in [0.05, 0.1) is 23.1 Å². The Balaban J connectivity index is 1.39. The molecule has 0 radical (unpaired) electrons. The zero-order valence-electron chi connectivity index (χ0n) is 20.3. The molecule has 0 aromatic heterocycles. The summed E-state index contributed by atoms with van der Waals surface area (Å²) in [7, 11) is 0. The summed E-state index contributed by atoms with van der Waals surface area (Å²) in [6.45, 7) is 2.19. The maximum absolute atomic E-state index is 13.1. The molecule has 1 aliphatic heterocycles. The number of benzene rings is 3. The Hall–Kier alpha value is -4.46. The highest BCUT2D eigenvalue weighted by Gasteiger charge is 2.38. The molecule has 0 saturated carbocycles. The molecule has 2 aliphatic rings. The number of nitrogens with zero attached hydrogens (tertiary/aromatic N) is 1. The third-order valence-corrected chi connectivity index (χ3v) is 6.81. The Morgan fingerprint density at radius 3 is 2.59 bits per heavy atom. The zero-order valence-corrected chi connectivity index (χ0v) is 20.3. The molecule has 3 aromatic rings. The van der Waals surface area contributed by atoms with E-state index in [-0.39, 0.29) is 41.5 Å². The number of allylic oxidation sites excluding steroid dienone is 2. The number of carbonyl (C=O) groups is 2. The van der Waals surface area contributed by atoms with Crippen molar-refractivity contribution < 1.29 is 24.0 Å². The number of nitrogens with one attached hydrogen (secondary N) is 1. The molecule has 5 rings (SSSR count). The van der Waals surface area contributed by atoms with Gasteiger partial charge in [0.2, 0.25) is 0 Å². The smallest absolute Gasteiger partial charge is 0.343 e. The number of ether oxygens (including phenoxy) is 2. The Labute approximate surface area is 214 Å². The van der Waals surface area contributed by atoms with E-state index in [9.17, 15) is 19.7 Å². The van der Waals surface area contributed by atoms with Crippen molar-refractivity contribution in [3.05, 3.63) is 111 Å². The van der Waals surface area contributed by atoms with E-state index in [1.165, 1.54) is 12.1 Å². The number of carbonyl (C=O) groups excluding carboxylic acids is 2. The zero-order chi connectivity index (χ0) is 25.9. The second kappa shape index (κ2) is 10.3. The highest BCUT2D eigenvalue weighted by molar-refractivity contribution is 5.96. The number of hydrogen-bond donors (Lipinski definition) is 1. The molecule has 0 fully saturated rings. The molecule has 1 N–H and O–H groups in total. The summed E-state index contributed by atoms with van der Waals surface area (Å²) in [5.41, 5.74) is 3.51. The van der Waals surface area contributed by atoms with Crippen LogP contribution in [-0.4, -0.2) is 23.5 Å². The van der Waals surface area contributed by atoms with Gasteiger partial charge in [-0.15, -0.1) is 0 Å².